The number of fused-ring (bicyclic) bond motifs is 1. The largest absolute Gasteiger partial charge is 0.497 e. The Morgan fingerprint density at radius 2 is 2.12 bits per heavy atom. The second kappa shape index (κ2) is 3.77. The topological polar surface area (TPSA) is 35.5 Å². The van der Waals surface area contributed by atoms with Crippen LogP contribution in [0, 0.1) is 0 Å². The first-order valence-electron chi connectivity index (χ1n) is 5.01. The minimum Gasteiger partial charge on any atom is -0.497 e. The van der Waals surface area contributed by atoms with Crippen molar-refractivity contribution in [3.05, 3.63) is 23.8 Å². The van der Waals surface area contributed by atoms with Crippen LogP contribution >= 0.6 is 15.9 Å². The van der Waals surface area contributed by atoms with Crippen LogP contribution in [0.25, 0.3) is 0 Å². The third kappa shape index (κ3) is 1.71. The van der Waals surface area contributed by atoms with E-state index in [1.807, 2.05) is 13.8 Å². The second-order valence-corrected chi connectivity index (χ2v) is 5.21. The van der Waals surface area contributed by atoms with Crippen molar-refractivity contribution in [1.29, 1.82) is 0 Å². The van der Waals surface area contributed by atoms with Gasteiger partial charge in [0.1, 0.15) is 21.9 Å². The van der Waals surface area contributed by atoms with Crippen LogP contribution in [-0.4, -0.2) is 23.3 Å². The van der Waals surface area contributed by atoms with E-state index in [1.165, 1.54) is 0 Å². The van der Waals surface area contributed by atoms with Crippen molar-refractivity contribution >= 4 is 21.7 Å². The molecule has 2 rings (SSSR count). The summed E-state index contributed by atoms with van der Waals surface area (Å²) in [5.41, 5.74) is 0.0539. The molecule has 1 heterocycles. The molecule has 0 saturated heterocycles. The lowest BCUT2D eigenvalue weighted by atomic mass is 9.93. The first kappa shape index (κ1) is 11.5. The summed E-state index contributed by atoms with van der Waals surface area (Å²) in [6.07, 6.45) is 0. The number of alkyl halides is 1. The Bertz CT molecular complexity index is 440. The number of rotatable bonds is 1. The first-order valence-corrected chi connectivity index (χ1v) is 5.92. The van der Waals surface area contributed by atoms with E-state index in [4.69, 9.17) is 9.47 Å². The summed E-state index contributed by atoms with van der Waals surface area (Å²) in [5, 5.41) is 0. The molecule has 0 amide bonds. The molecule has 1 unspecified atom stereocenters. The summed E-state index contributed by atoms with van der Waals surface area (Å²) < 4.78 is 10.9. The fourth-order valence-electron chi connectivity index (χ4n) is 1.71. The quantitative estimate of drug-likeness (QED) is 0.744. The van der Waals surface area contributed by atoms with Gasteiger partial charge in [0.2, 0.25) is 0 Å². The van der Waals surface area contributed by atoms with E-state index in [2.05, 4.69) is 15.9 Å². The van der Waals surface area contributed by atoms with E-state index in [9.17, 15) is 4.79 Å². The van der Waals surface area contributed by atoms with Gasteiger partial charge in [-0.15, -0.1) is 0 Å². The number of methoxy groups -OCH3 is 1. The lowest BCUT2D eigenvalue weighted by molar-refractivity contribution is 0.0667. The highest BCUT2D eigenvalue weighted by Crippen LogP contribution is 2.38. The molecule has 1 atom stereocenters. The van der Waals surface area contributed by atoms with E-state index >= 15 is 0 Å². The van der Waals surface area contributed by atoms with Crippen LogP contribution in [0.2, 0.25) is 0 Å². The summed E-state index contributed by atoms with van der Waals surface area (Å²) in [6.45, 7) is 3.76. The molecular formula is C12H13BrO3. The Kier molecular flexibility index (Phi) is 2.70. The molecule has 0 aromatic heterocycles. The van der Waals surface area contributed by atoms with E-state index < -0.39 is 5.60 Å². The van der Waals surface area contributed by atoms with Gasteiger partial charge in [-0.05, 0) is 26.0 Å². The third-order valence-electron chi connectivity index (χ3n) is 2.67. The van der Waals surface area contributed by atoms with Gasteiger partial charge in [0.05, 0.1) is 12.7 Å². The highest BCUT2D eigenvalue weighted by Gasteiger charge is 2.41. The number of carbonyl (C=O) groups is 1. The van der Waals surface area contributed by atoms with Gasteiger partial charge < -0.3 is 9.47 Å². The number of ketones is 1. The Hall–Kier alpha value is -1.03. The maximum atomic E-state index is 12.1. The molecule has 1 aromatic carbocycles. The maximum absolute atomic E-state index is 12.1. The van der Waals surface area contributed by atoms with Gasteiger partial charge in [-0.3, -0.25) is 4.79 Å². The zero-order valence-corrected chi connectivity index (χ0v) is 11.0. The van der Waals surface area contributed by atoms with Crippen LogP contribution in [0.3, 0.4) is 0 Å². The summed E-state index contributed by atoms with van der Waals surface area (Å²) in [4.78, 5) is 11.7. The fraction of sp³-hybridized carbons (Fsp3) is 0.417. The zero-order chi connectivity index (χ0) is 11.9. The molecule has 1 aliphatic rings. The lowest BCUT2D eigenvalue weighted by Gasteiger charge is -2.35. The number of hydrogen-bond donors (Lipinski definition) is 0. The van der Waals surface area contributed by atoms with Crippen LogP contribution in [0.1, 0.15) is 24.2 Å². The summed E-state index contributed by atoms with van der Waals surface area (Å²) >= 11 is 3.37. The third-order valence-corrected chi connectivity index (χ3v) is 4.19. The average molecular weight is 285 g/mol. The number of benzene rings is 1. The molecule has 3 nitrogen and oxygen atoms in total. The van der Waals surface area contributed by atoms with Crippen LogP contribution < -0.4 is 9.47 Å². The normalized spacial score (nSPS) is 22.2. The van der Waals surface area contributed by atoms with Gasteiger partial charge in [0.15, 0.2) is 5.78 Å². The van der Waals surface area contributed by atoms with E-state index in [0.29, 0.717) is 17.1 Å². The number of carbonyl (C=O) groups excluding carboxylic acids is 1. The first-order chi connectivity index (χ1) is 7.45. The predicted octanol–water partition coefficient (Wildman–Crippen LogP) is 2.81. The Balaban J connectivity index is 2.51. The number of halogens is 1. The summed E-state index contributed by atoms with van der Waals surface area (Å²) in [6, 6.07) is 5.24. The number of ether oxygens (including phenoxy) is 2. The van der Waals surface area contributed by atoms with Crippen molar-refractivity contribution in [3.8, 4) is 11.5 Å². The van der Waals surface area contributed by atoms with Gasteiger partial charge in [0, 0.05) is 6.07 Å². The molecule has 0 spiro atoms. The Morgan fingerprint density at radius 1 is 1.44 bits per heavy atom. The van der Waals surface area contributed by atoms with Crippen LogP contribution in [0.15, 0.2) is 18.2 Å². The predicted molar refractivity (Wildman–Crippen MR) is 64.7 cm³/mol. The molecule has 16 heavy (non-hydrogen) atoms. The maximum Gasteiger partial charge on any atom is 0.184 e. The SMILES string of the molecule is COc1ccc2c(c1)OC(C)(C)C(Br)C2=O. The zero-order valence-electron chi connectivity index (χ0n) is 9.41. The van der Waals surface area contributed by atoms with Gasteiger partial charge in [-0.1, -0.05) is 15.9 Å². The molecule has 0 aliphatic carbocycles. The average Bonchev–Trinajstić information content (AvgIpc) is 2.25. The van der Waals surface area contributed by atoms with Gasteiger partial charge in [-0.25, -0.2) is 0 Å². The Morgan fingerprint density at radius 3 is 2.75 bits per heavy atom. The van der Waals surface area contributed by atoms with E-state index in [0.717, 1.165) is 0 Å². The highest BCUT2D eigenvalue weighted by atomic mass is 79.9. The fourth-order valence-corrected chi connectivity index (χ4v) is 2.05. The van der Waals surface area contributed by atoms with E-state index in [1.54, 1.807) is 25.3 Å². The van der Waals surface area contributed by atoms with Crippen molar-refractivity contribution in [2.45, 2.75) is 24.3 Å². The summed E-state index contributed by atoms with van der Waals surface area (Å²) in [7, 11) is 1.59. The van der Waals surface area contributed by atoms with Gasteiger partial charge in [-0.2, -0.15) is 0 Å². The Labute approximate surface area is 103 Å². The minimum absolute atomic E-state index is 0.0499. The molecular weight excluding hydrogens is 272 g/mol. The van der Waals surface area contributed by atoms with Gasteiger partial charge in [0.25, 0.3) is 0 Å². The molecule has 0 fully saturated rings. The van der Waals surface area contributed by atoms with Crippen LogP contribution in [0.5, 0.6) is 11.5 Å². The van der Waals surface area contributed by atoms with Crippen LogP contribution in [-0.2, 0) is 0 Å². The van der Waals surface area contributed by atoms with Crippen molar-refractivity contribution in [2.24, 2.45) is 0 Å². The molecule has 4 heteroatoms. The number of hydrogen-bond acceptors (Lipinski definition) is 3. The number of Topliss-reactive ketones (excluding diaryl/α,β-unsaturated/α-hetero) is 1. The van der Waals surface area contributed by atoms with Gasteiger partial charge >= 0.3 is 0 Å². The monoisotopic (exact) mass is 284 g/mol. The van der Waals surface area contributed by atoms with Crippen molar-refractivity contribution < 1.29 is 14.3 Å². The molecule has 86 valence electrons. The molecule has 0 N–H and O–H groups in total. The van der Waals surface area contributed by atoms with E-state index in [-0.39, 0.29) is 10.6 Å². The molecule has 0 saturated carbocycles. The summed E-state index contributed by atoms with van der Waals surface area (Å²) in [5.74, 6) is 1.33. The second-order valence-electron chi connectivity index (χ2n) is 4.29. The highest BCUT2D eigenvalue weighted by molar-refractivity contribution is 9.10. The van der Waals surface area contributed by atoms with Crippen molar-refractivity contribution in [1.82, 2.24) is 0 Å². The lowest BCUT2D eigenvalue weighted by Crippen LogP contribution is -2.46. The molecule has 0 bridgehead atoms. The molecule has 0 radical (unpaired) electrons. The van der Waals surface area contributed by atoms with Crippen LogP contribution in [0.4, 0.5) is 0 Å². The smallest absolute Gasteiger partial charge is 0.184 e. The minimum atomic E-state index is -0.545. The van der Waals surface area contributed by atoms with Crippen molar-refractivity contribution in [3.63, 3.8) is 0 Å². The molecule has 1 aliphatic heterocycles. The van der Waals surface area contributed by atoms with Crippen molar-refractivity contribution in [2.75, 3.05) is 7.11 Å². The standard InChI is InChI=1S/C12H13BrO3/c1-12(2)11(13)10(14)8-5-4-7(15-3)6-9(8)16-12/h4-6,11H,1-3H3. The molecule has 1 aromatic rings.